The molecular formula is C23H32O6. The number of ether oxygens (including phenoxy) is 3. The van der Waals surface area contributed by atoms with Gasteiger partial charge in [-0.3, -0.25) is 9.59 Å². The summed E-state index contributed by atoms with van der Waals surface area (Å²) in [5.74, 6) is -2.10. The first kappa shape index (κ1) is 21.8. The quantitative estimate of drug-likeness (QED) is 0.698. The number of benzene rings is 1. The molecule has 0 saturated heterocycles. The number of rotatable bonds is 5. The molecule has 1 aliphatic heterocycles. The fourth-order valence-electron chi connectivity index (χ4n) is 5.33. The normalized spacial score (nSPS) is 29.2. The Balaban J connectivity index is 2.21. The second kappa shape index (κ2) is 7.73. The van der Waals surface area contributed by atoms with E-state index in [4.69, 9.17) is 14.2 Å². The summed E-state index contributed by atoms with van der Waals surface area (Å²) in [5, 5.41) is 9.88. The van der Waals surface area contributed by atoms with E-state index in [0.717, 1.165) is 36.8 Å². The molecule has 0 bridgehead atoms. The summed E-state index contributed by atoms with van der Waals surface area (Å²) in [6.07, 6.45) is 2.57. The molecule has 2 aliphatic rings. The molecule has 0 radical (unpaired) electrons. The van der Waals surface area contributed by atoms with Gasteiger partial charge in [-0.2, -0.15) is 0 Å². The summed E-state index contributed by atoms with van der Waals surface area (Å²) in [7, 11) is 1.51. The number of aliphatic carboxylic acids is 1. The Morgan fingerprint density at radius 1 is 1.21 bits per heavy atom. The summed E-state index contributed by atoms with van der Waals surface area (Å²) in [4.78, 5) is 23.6. The highest BCUT2D eigenvalue weighted by Crippen LogP contribution is 2.53. The van der Waals surface area contributed by atoms with Crippen LogP contribution in [0.2, 0.25) is 0 Å². The Morgan fingerprint density at radius 3 is 2.45 bits per heavy atom. The lowest BCUT2D eigenvalue weighted by Crippen LogP contribution is -2.36. The molecule has 1 aromatic rings. The predicted molar refractivity (Wildman–Crippen MR) is 107 cm³/mol. The number of carbonyl (C=O) groups is 2. The summed E-state index contributed by atoms with van der Waals surface area (Å²) < 4.78 is 16.7. The van der Waals surface area contributed by atoms with Crippen LogP contribution >= 0.6 is 0 Å². The fourth-order valence-corrected chi connectivity index (χ4v) is 5.33. The van der Waals surface area contributed by atoms with Crippen LogP contribution in [-0.2, 0) is 29.2 Å². The zero-order valence-corrected chi connectivity index (χ0v) is 18.2. The van der Waals surface area contributed by atoms with Crippen LogP contribution in [0.15, 0.2) is 12.1 Å². The number of esters is 1. The number of hydrogen-bond acceptors (Lipinski definition) is 5. The molecule has 0 unspecified atom stereocenters. The van der Waals surface area contributed by atoms with Crippen molar-refractivity contribution >= 4 is 11.9 Å². The van der Waals surface area contributed by atoms with Crippen LogP contribution in [0.4, 0.5) is 0 Å². The van der Waals surface area contributed by atoms with Gasteiger partial charge in [0.2, 0.25) is 6.29 Å². The second-order valence-corrected chi connectivity index (χ2v) is 9.49. The van der Waals surface area contributed by atoms with E-state index in [0.29, 0.717) is 11.1 Å². The molecule has 1 saturated carbocycles. The van der Waals surface area contributed by atoms with Gasteiger partial charge >= 0.3 is 11.9 Å². The molecule has 3 rings (SSSR count). The Labute approximate surface area is 172 Å². The van der Waals surface area contributed by atoms with Crippen LogP contribution in [0.3, 0.4) is 0 Å². The lowest BCUT2D eigenvalue weighted by Gasteiger charge is -2.44. The van der Waals surface area contributed by atoms with E-state index in [1.165, 1.54) is 14.0 Å². The second-order valence-electron chi connectivity index (χ2n) is 9.49. The molecule has 0 amide bonds. The number of methoxy groups -OCH3 is 1. The van der Waals surface area contributed by atoms with Gasteiger partial charge in [-0.15, -0.1) is 0 Å². The Morgan fingerprint density at radius 2 is 1.90 bits per heavy atom. The van der Waals surface area contributed by atoms with Crippen molar-refractivity contribution in [3.05, 3.63) is 34.4 Å². The molecule has 6 nitrogen and oxygen atoms in total. The monoisotopic (exact) mass is 404 g/mol. The summed E-state index contributed by atoms with van der Waals surface area (Å²) >= 11 is 0. The lowest BCUT2D eigenvalue weighted by atomic mass is 9.60. The number of carboxylic acid groups (broad SMARTS) is 1. The van der Waals surface area contributed by atoms with Crippen molar-refractivity contribution in [3.63, 3.8) is 0 Å². The molecule has 1 aromatic carbocycles. The summed E-state index contributed by atoms with van der Waals surface area (Å²) in [6.45, 7) is 9.80. The molecule has 1 aliphatic carbocycles. The average Bonchev–Trinajstić information content (AvgIpc) is 2.96. The highest BCUT2D eigenvalue weighted by Gasteiger charge is 2.44. The zero-order chi connectivity index (χ0) is 21.6. The number of carbonyl (C=O) groups excluding carboxylic acids is 1. The van der Waals surface area contributed by atoms with Crippen molar-refractivity contribution in [1.82, 2.24) is 0 Å². The van der Waals surface area contributed by atoms with E-state index >= 15 is 0 Å². The van der Waals surface area contributed by atoms with E-state index in [1.807, 2.05) is 12.1 Å². The Hall–Kier alpha value is -1.92. The van der Waals surface area contributed by atoms with Gasteiger partial charge in [0.05, 0.1) is 5.92 Å². The SMILES string of the molecule is CO[C@@H]1O[C@@H](OC(C)=O)c2ccc([C@@]3(C)CCCC(C)(C)C3)c([C@@H](C)C(=O)O)c21. The van der Waals surface area contributed by atoms with Crippen LogP contribution in [0.5, 0.6) is 0 Å². The smallest absolute Gasteiger partial charge is 0.310 e. The number of hydrogen-bond donors (Lipinski definition) is 1. The molecule has 4 atom stereocenters. The van der Waals surface area contributed by atoms with Crippen molar-refractivity contribution in [2.45, 2.75) is 84.2 Å². The minimum absolute atomic E-state index is 0.145. The molecule has 1 fully saturated rings. The molecular weight excluding hydrogens is 372 g/mol. The van der Waals surface area contributed by atoms with Gasteiger partial charge in [-0.1, -0.05) is 39.3 Å². The number of fused-ring (bicyclic) bond motifs is 1. The maximum Gasteiger partial charge on any atom is 0.310 e. The first-order valence-corrected chi connectivity index (χ1v) is 10.2. The van der Waals surface area contributed by atoms with E-state index in [1.54, 1.807) is 6.92 Å². The highest BCUT2D eigenvalue weighted by atomic mass is 16.8. The molecule has 0 aromatic heterocycles. The van der Waals surface area contributed by atoms with Crippen molar-refractivity contribution in [2.24, 2.45) is 5.41 Å². The maximum absolute atomic E-state index is 12.1. The third-order valence-corrected chi connectivity index (χ3v) is 6.45. The van der Waals surface area contributed by atoms with E-state index in [9.17, 15) is 14.7 Å². The Bertz CT molecular complexity index is 814. The van der Waals surface area contributed by atoms with Crippen molar-refractivity contribution in [1.29, 1.82) is 0 Å². The molecule has 1 heterocycles. The lowest BCUT2D eigenvalue weighted by molar-refractivity contribution is -0.224. The van der Waals surface area contributed by atoms with Crippen LogP contribution < -0.4 is 0 Å². The molecule has 29 heavy (non-hydrogen) atoms. The molecule has 1 N–H and O–H groups in total. The van der Waals surface area contributed by atoms with E-state index < -0.39 is 30.4 Å². The maximum atomic E-state index is 12.1. The molecule has 6 heteroatoms. The zero-order valence-electron chi connectivity index (χ0n) is 18.2. The van der Waals surface area contributed by atoms with Gasteiger partial charge in [0.25, 0.3) is 0 Å². The standard InChI is InChI=1S/C23H32O6/c1-13(19(25)26)17-16(23(5)11-7-10-22(3,4)12-23)9-8-15-18(17)21(27-6)29-20(15)28-14(2)24/h8-9,13,20-21H,7,10-12H2,1-6H3,(H,25,26)/t13-,20-,21-,23+/m1/s1. The van der Waals surface area contributed by atoms with E-state index in [2.05, 4.69) is 20.8 Å². The van der Waals surface area contributed by atoms with Crippen LogP contribution in [0, 0.1) is 5.41 Å². The first-order valence-electron chi connectivity index (χ1n) is 10.2. The highest BCUT2D eigenvalue weighted by molar-refractivity contribution is 5.77. The predicted octanol–water partition coefficient (Wildman–Crippen LogP) is 4.97. The van der Waals surface area contributed by atoms with Crippen LogP contribution in [0.25, 0.3) is 0 Å². The summed E-state index contributed by atoms with van der Waals surface area (Å²) in [6, 6.07) is 3.91. The van der Waals surface area contributed by atoms with Gasteiger partial charge in [-0.05, 0) is 48.1 Å². The largest absolute Gasteiger partial charge is 0.481 e. The van der Waals surface area contributed by atoms with Gasteiger partial charge < -0.3 is 19.3 Å². The average molecular weight is 405 g/mol. The third kappa shape index (κ3) is 4.05. The topological polar surface area (TPSA) is 82.1 Å². The Kier molecular flexibility index (Phi) is 5.80. The van der Waals surface area contributed by atoms with Gasteiger partial charge in [0.1, 0.15) is 0 Å². The first-order chi connectivity index (χ1) is 13.5. The van der Waals surface area contributed by atoms with Crippen molar-refractivity contribution in [2.75, 3.05) is 7.11 Å². The van der Waals surface area contributed by atoms with Crippen molar-refractivity contribution < 1.29 is 28.9 Å². The third-order valence-electron chi connectivity index (χ3n) is 6.45. The van der Waals surface area contributed by atoms with Crippen LogP contribution in [-0.4, -0.2) is 24.2 Å². The number of carboxylic acids is 1. The van der Waals surface area contributed by atoms with E-state index in [-0.39, 0.29) is 10.8 Å². The minimum atomic E-state index is -0.899. The van der Waals surface area contributed by atoms with Crippen molar-refractivity contribution in [3.8, 4) is 0 Å². The minimum Gasteiger partial charge on any atom is -0.481 e. The fraction of sp³-hybridized carbons (Fsp3) is 0.652. The van der Waals surface area contributed by atoms with Gasteiger partial charge in [0.15, 0.2) is 6.29 Å². The molecule has 0 spiro atoms. The van der Waals surface area contributed by atoms with Gasteiger partial charge in [-0.25, -0.2) is 0 Å². The summed E-state index contributed by atoms with van der Waals surface area (Å²) in [5.41, 5.74) is 3.17. The molecule has 160 valence electrons. The van der Waals surface area contributed by atoms with Gasteiger partial charge in [0, 0.05) is 25.2 Å². The van der Waals surface area contributed by atoms with Crippen LogP contribution in [0.1, 0.15) is 101 Å².